The third-order valence-corrected chi connectivity index (χ3v) is 3.41. The molecule has 0 heteroatoms. The van der Waals surface area contributed by atoms with Gasteiger partial charge in [-0.15, -0.1) is 0 Å². The number of hydrogen-bond acceptors (Lipinski definition) is 0. The molecule has 1 rings (SSSR count). The van der Waals surface area contributed by atoms with Gasteiger partial charge in [0.1, 0.15) is 0 Å². The van der Waals surface area contributed by atoms with Crippen LogP contribution >= 0.6 is 0 Å². The SMILES string of the molecule is CC(C)Cc1ccc(C(C)(C)C)cc1C(C)(C)C. The van der Waals surface area contributed by atoms with Gasteiger partial charge in [-0.1, -0.05) is 73.6 Å². The van der Waals surface area contributed by atoms with Crippen molar-refractivity contribution in [3.8, 4) is 0 Å². The predicted octanol–water partition coefficient (Wildman–Crippen LogP) is 5.48. The molecule has 1 aromatic carbocycles. The van der Waals surface area contributed by atoms with E-state index in [0.717, 1.165) is 0 Å². The van der Waals surface area contributed by atoms with Crippen molar-refractivity contribution in [2.75, 3.05) is 0 Å². The highest BCUT2D eigenvalue weighted by molar-refractivity contribution is 5.39. The summed E-state index contributed by atoms with van der Waals surface area (Å²) in [6.45, 7) is 18.4. The van der Waals surface area contributed by atoms with Crippen molar-refractivity contribution < 1.29 is 0 Å². The van der Waals surface area contributed by atoms with Gasteiger partial charge in [-0.25, -0.2) is 0 Å². The van der Waals surface area contributed by atoms with Crippen LogP contribution < -0.4 is 0 Å². The predicted molar refractivity (Wildman–Crippen MR) is 82.4 cm³/mol. The molecule has 0 radical (unpaired) electrons. The molecule has 18 heavy (non-hydrogen) atoms. The molecule has 0 nitrogen and oxygen atoms in total. The van der Waals surface area contributed by atoms with Gasteiger partial charge in [0, 0.05) is 0 Å². The third kappa shape index (κ3) is 3.86. The van der Waals surface area contributed by atoms with Crippen LogP contribution in [0.25, 0.3) is 0 Å². The first-order chi connectivity index (χ1) is 8.01. The maximum Gasteiger partial charge on any atom is -0.0129 e. The van der Waals surface area contributed by atoms with Gasteiger partial charge in [-0.3, -0.25) is 0 Å². The molecule has 0 spiro atoms. The van der Waals surface area contributed by atoms with Gasteiger partial charge in [-0.05, 0) is 39.9 Å². The molecule has 102 valence electrons. The summed E-state index contributed by atoms with van der Waals surface area (Å²) >= 11 is 0. The number of benzene rings is 1. The Morgan fingerprint density at radius 1 is 0.889 bits per heavy atom. The van der Waals surface area contributed by atoms with Gasteiger partial charge in [-0.2, -0.15) is 0 Å². The zero-order valence-electron chi connectivity index (χ0n) is 13.5. The molecule has 0 saturated carbocycles. The minimum Gasteiger partial charge on any atom is -0.0625 e. The molecule has 0 saturated heterocycles. The molecule has 0 fully saturated rings. The number of hydrogen-bond donors (Lipinski definition) is 0. The van der Waals surface area contributed by atoms with E-state index in [0.29, 0.717) is 5.92 Å². The highest BCUT2D eigenvalue weighted by Gasteiger charge is 2.22. The van der Waals surface area contributed by atoms with Gasteiger partial charge in [0.25, 0.3) is 0 Å². The summed E-state index contributed by atoms with van der Waals surface area (Å²) in [6, 6.07) is 7.09. The van der Waals surface area contributed by atoms with E-state index < -0.39 is 0 Å². The summed E-state index contributed by atoms with van der Waals surface area (Å²) in [5, 5.41) is 0. The molecule has 0 N–H and O–H groups in total. The second kappa shape index (κ2) is 5.07. The van der Waals surface area contributed by atoms with Crippen LogP contribution in [0.5, 0.6) is 0 Å². The minimum absolute atomic E-state index is 0.228. The summed E-state index contributed by atoms with van der Waals surface area (Å²) < 4.78 is 0. The van der Waals surface area contributed by atoms with Crippen LogP contribution in [-0.4, -0.2) is 0 Å². The van der Waals surface area contributed by atoms with Crippen LogP contribution in [0.3, 0.4) is 0 Å². The van der Waals surface area contributed by atoms with Gasteiger partial charge in [0.15, 0.2) is 0 Å². The van der Waals surface area contributed by atoms with E-state index in [2.05, 4.69) is 73.6 Å². The van der Waals surface area contributed by atoms with E-state index in [9.17, 15) is 0 Å². The smallest absolute Gasteiger partial charge is 0.0129 e. The zero-order valence-corrected chi connectivity index (χ0v) is 13.5. The van der Waals surface area contributed by atoms with Crippen molar-refractivity contribution in [3.05, 3.63) is 34.9 Å². The molecule has 1 aromatic rings. The molecular weight excluding hydrogens is 216 g/mol. The largest absolute Gasteiger partial charge is 0.0625 e. The van der Waals surface area contributed by atoms with Crippen molar-refractivity contribution >= 4 is 0 Å². The summed E-state index contributed by atoms with van der Waals surface area (Å²) in [6.07, 6.45) is 1.18. The molecular formula is C18H30. The van der Waals surface area contributed by atoms with E-state index in [-0.39, 0.29) is 10.8 Å². The summed E-state index contributed by atoms with van der Waals surface area (Å²) in [5.74, 6) is 0.714. The molecule has 0 amide bonds. The van der Waals surface area contributed by atoms with E-state index in [1.807, 2.05) is 0 Å². The van der Waals surface area contributed by atoms with E-state index in [1.54, 1.807) is 0 Å². The summed E-state index contributed by atoms with van der Waals surface area (Å²) in [7, 11) is 0. The minimum atomic E-state index is 0.228. The lowest BCUT2D eigenvalue weighted by molar-refractivity contribution is 0.553. The van der Waals surface area contributed by atoms with Crippen LogP contribution in [0.1, 0.15) is 72.1 Å². The fourth-order valence-electron chi connectivity index (χ4n) is 2.36. The lowest BCUT2D eigenvalue weighted by Crippen LogP contribution is -2.19. The Kier molecular flexibility index (Phi) is 4.30. The Morgan fingerprint density at radius 3 is 1.83 bits per heavy atom. The Morgan fingerprint density at radius 2 is 1.44 bits per heavy atom. The van der Waals surface area contributed by atoms with Crippen LogP contribution in [0.4, 0.5) is 0 Å². The van der Waals surface area contributed by atoms with E-state index in [4.69, 9.17) is 0 Å². The average molecular weight is 246 g/mol. The Bertz CT molecular complexity index is 397. The van der Waals surface area contributed by atoms with Crippen LogP contribution in [0, 0.1) is 5.92 Å². The number of rotatable bonds is 2. The molecule has 0 unspecified atom stereocenters. The second-order valence-corrected chi connectivity index (χ2v) is 7.97. The quantitative estimate of drug-likeness (QED) is 0.648. The highest BCUT2D eigenvalue weighted by Crippen LogP contribution is 2.32. The molecule has 0 atom stereocenters. The first-order valence-corrected chi connectivity index (χ1v) is 7.15. The molecule has 0 heterocycles. The second-order valence-electron chi connectivity index (χ2n) is 7.97. The Labute approximate surface area is 114 Å². The van der Waals surface area contributed by atoms with Gasteiger partial charge < -0.3 is 0 Å². The van der Waals surface area contributed by atoms with Gasteiger partial charge in [0.2, 0.25) is 0 Å². The molecule has 0 aliphatic carbocycles. The van der Waals surface area contributed by atoms with Crippen LogP contribution in [0.15, 0.2) is 18.2 Å². The molecule has 0 aliphatic rings. The van der Waals surface area contributed by atoms with E-state index in [1.165, 1.54) is 23.1 Å². The van der Waals surface area contributed by atoms with Crippen LogP contribution in [0.2, 0.25) is 0 Å². The maximum atomic E-state index is 2.43. The third-order valence-electron chi connectivity index (χ3n) is 3.41. The van der Waals surface area contributed by atoms with Crippen molar-refractivity contribution in [3.63, 3.8) is 0 Å². The average Bonchev–Trinajstić information content (AvgIpc) is 2.13. The molecule has 0 aromatic heterocycles. The highest BCUT2D eigenvalue weighted by atomic mass is 14.3. The van der Waals surface area contributed by atoms with E-state index >= 15 is 0 Å². The normalized spacial score (nSPS) is 13.2. The molecule has 0 aliphatic heterocycles. The Hall–Kier alpha value is -0.780. The Balaban J connectivity index is 3.30. The zero-order chi connectivity index (χ0) is 14.1. The first-order valence-electron chi connectivity index (χ1n) is 7.15. The van der Waals surface area contributed by atoms with Gasteiger partial charge >= 0.3 is 0 Å². The maximum absolute atomic E-state index is 2.43. The van der Waals surface area contributed by atoms with Crippen molar-refractivity contribution in [1.82, 2.24) is 0 Å². The first kappa shape index (κ1) is 15.3. The fraction of sp³-hybridized carbons (Fsp3) is 0.667. The fourth-order valence-corrected chi connectivity index (χ4v) is 2.36. The monoisotopic (exact) mass is 246 g/mol. The topological polar surface area (TPSA) is 0 Å². The molecule has 0 bridgehead atoms. The van der Waals surface area contributed by atoms with Crippen molar-refractivity contribution in [2.24, 2.45) is 5.92 Å². The summed E-state index contributed by atoms with van der Waals surface area (Å²) in [5.41, 5.74) is 4.94. The standard InChI is InChI=1S/C18H30/c1-13(2)11-14-9-10-15(17(3,4)5)12-16(14)18(6,7)8/h9-10,12-13H,11H2,1-8H3. The van der Waals surface area contributed by atoms with Crippen LogP contribution in [-0.2, 0) is 17.3 Å². The lowest BCUT2D eigenvalue weighted by Gasteiger charge is -2.28. The lowest BCUT2D eigenvalue weighted by atomic mass is 9.77. The van der Waals surface area contributed by atoms with Crippen molar-refractivity contribution in [2.45, 2.75) is 72.6 Å². The van der Waals surface area contributed by atoms with Gasteiger partial charge in [0.05, 0.1) is 0 Å². The van der Waals surface area contributed by atoms with Crippen molar-refractivity contribution in [1.29, 1.82) is 0 Å². The summed E-state index contributed by atoms with van der Waals surface area (Å²) in [4.78, 5) is 0.